The van der Waals surface area contributed by atoms with Crippen LogP contribution < -0.4 is 15.5 Å². The number of anilines is 2. The lowest BCUT2D eigenvalue weighted by molar-refractivity contribution is -0.387. The second-order valence-electron chi connectivity index (χ2n) is 9.61. The lowest BCUT2D eigenvalue weighted by atomic mass is 10.0. The maximum atomic E-state index is 13.4. The van der Waals surface area contributed by atoms with Crippen LogP contribution in [0.1, 0.15) is 16.7 Å². The van der Waals surface area contributed by atoms with Crippen LogP contribution in [0.4, 0.5) is 17.1 Å². The van der Waals surface area contributed by atoms with Crippen LogP contribution in [-0.4, -0.2) is 33.5 Å². The Morgan fingerprint density at radius 1 is 1.00 bits per heavy atom. The van der Waals surface area contributed by atoms with Crippen molar-refractivity contribution in [2.24, 2.45) is 0 Å². The average Bonchev–Trinajstić information content (AvgIpc) is 2.96. The summed E-state index contributed by atoms with van der Waals surface area (Å²) >= 11 is 6.28. The van der Waals surface area contributed by atoms with Crippen molar-refractivity contribution in [3.8, 4) is 0 Å². The standard InChI is InChI=1S/C31H24N4O5S2/c1-18-7-11-24(13-19(18)2)34-30(38)25(29(37)33-31(34)41)14-20-8-12-27(26(15-20)35(39)40)42-17-28(36)32-23-10-9-21-5-3-4-6-22(21)16-23/h3-16H,17H2,1-2H3,(H,32,36)(H,33,37,41)/b25-14+. The highest BCUT2D eigenvalue weighted by molar-refractivity contribution is 8.00. The summed E-state index contributed by atoms with van der Waals surface area (Å²) in [6.45, 7) is 3.84. The van der Waals surface area contributed by atoms with Crippen LogP contribution in [0.5, 0.6) is 0 Å². The van der Waals surface area contributed by atoms with Crippen molar-refractivity contribution >= 4 is 80.7 Å². The van der Waals surface area contributed by atoms with Crippen molar-refractivity contribution in [2.75, 3.05) is 16.0 Å². The fourth-order valence-corrected chi connectivity index (χ4v) is 5.51. The van der Waals surface area contributed by atoms with Crippen molar-refractivity contribution in [1.82, 2.24) is 5.32 Å². The molecular formula is C31H24N4O5S2. The summed E-state index contributed by atoms with van der Waals surface area (Å²) in [5, 5.41) is 19.2. The minimum Gasteiger partial charge on any atom is -0.325 e. The van der Waals surface area contributed by atoms with Gasteiger partial charge in [0.25, 0.3) is 17.5 Å². The van der Waals surface area contributed by atoms with Crippen LogP contribution in [0.25, 0.3) is 16.8 Å². The van der Waals surface area contributed by atoms with E-state index in [9.17, 15) is 24.5 Å². The maximum absolute atomic E-state index is 13.4. The molecule has 1 fully saturated rings. The van der Waals surface area contributed by atoms with E-state index >= 15 is 0 Å². The Balaban J connectivity index is 1.34. The number of hydrogen-bond donors (Lipinski definition) is 2. The Morgan fingerprint density at radius 3 is 2.50 bits per heavy atom. The molecule has 1 aliphatic heterocycles. The van der Waals surface area contributed by atoms with Gasteiger partial charge in [-0.3, -0.25) is 34.7 Å². The van der Waals surface area contributed by atoms with Crippen LogP contribution in [0.15, 0.2) is 89.3 Å². The van der Waals surface area contributed by atoms with E-state index in [1.54, 1.807) is 24.3 Å². The molecule has 1 saturated heterocycles. The minimum atomic E-state index is -0.698. The Kier molecular flexibility index (Phi) is 8.14. The number of rotatable bonds is 7. The third-order valence-electron chi connectivity index (χ3n) is 6.73. The number of nitro benzene ring substituents is 1. The molecular weight excluding hydrogens is 572 g/mol. The largest absolute Gasteiger partial charge is 0.325 e. The van der Waals surface area contributed by atoms with E-state index in [4.69, 9.17) is 12.2 Å². The van der Waals surface area contributed by atoms with Crippen molar-refractivity contribution in [2.45, 2.75) is 18.7 Å². The van der Waals surface area contributed by atoms with Crippen LogP contribution in [0.2, 0.25) is 0 Å². The first-order valence-corrected chi connectivity index (χ1v) is 14.2. The first-order chi connectivity index (χ1) is 20.1. The lowest BCUT2D eigenvalue weighted by Gasteiger charge is -2.29. The maximum Gasteiger partial charge on any atom is 0.283 e. The summed E-state index contributed by atoms with van der Waals surface area (Å²) in [7, 11) is 0. The lowest BCUT2D eigenvalue weighted by Crippen LogP contribution is -2.54. The number of nitro groups is 1. The van der Waals surface area contributed by atoms with Crippen LogP contribution in [0.3, 0.4) is 0 Å². The molecule has 1 heterocycles. The molecule has 11 heteroatoms. The Labute approximate surface area is 250 Å². The smallest absolute Gasteiger partial charge is 0.283 e. The summed E-state index contributed by atoms with van der Waals surface area (Å²) in [5.41, 5.74) is 2.91. The molecule has 0 bridgehead atoms. The normalized spacial score (nSPS) is 14.3. The second-order valence-corrected chi connectivity index (χ2v) is 11.0. The molecule has 1 aliphatic rings. The van der Waals surface area contributed by atoms with Crippen molar-refractivity contribution in [1.29, 1.82) is 0 Å². The summed E-state index contributed by atoms with van der Waals surface area (Å²) in [6.07, 6.45) is 1.29. The zero-order chi connectivity index (χ0) is 30.0. The first kappa shape index (κ1) is 28.7. The SMILES string of the molecule is Cc1ccc(N2C(=O)/C(=C/c3ccc(SCC(=O)Nc4ccc5ccccc5c4)c([N+](=O)[O-])c3)C(=O)NC2=S)cc1C. The molecule has 0 atom stereocenters. The van der Waals surface area contributed by atoms with Gasteiger partial charge in [-0.2, -0.15) is 0 Å². The van der Waals surface area contributed by atoms with E-state index in [2.05, 4.69) is 10.6 Å². The predicted octanol–water partition coefficient (Wildman–Crippen LogP) is 5.93. The van der Waals surface area contributed by atoms with Crippen LogP contribution in [0, 0.1) is 24.0 Å². The van der Waals surface area contributed by atoms with E-state index in [0.29, 0.717) is 11.4 Å². The highest BCUT2D eigenvalue weighted by Crippen LogP contribution is 2.32. The molecule has 210 valence electrons. The predicted molar refractivity (Wildman–Crippen MR) is 169 cm³/mol. The number of hydrogen-bond acceptors (Lipinski definition) is 7. The van der Waals surface area contributed by atoms with Gasteiger partial charge in [-0.05, 0) is 89.9 Å². The summed E-state index contributed by atoms with van der Waals surface area (Å²) in [6, 6.07) is 23.0. The molecule has 0 saturated carbocycles. The van der Waals surface area contributed by atoms with Gasteiger partial charge in [0.1, 0.15) is 5.57 Å². The van der Waals surface area contributed by atoms with Gasteiger partial charge >= 0.3 is 0 Å². The van der Waals surface area contributed by atoms with Gasteiger partial charge < -0.3 is 5.32 Å². The first-order valence-electron chi connectivity index (χ1n) is 12.8. The number of thiocarbonyl (C=S) groups is 1. The average molecular weight is 597 g/mol. The molecule has 42 heavy (non-hydrogen) atoms. The summed E-state index contributed by atoms with van der Waals surface area (Å²) in [4.78, 5) is 51.5. The zero-order valence-electron chi connectivity index (χ0n) is 22.5. The molecule has 9 nitrogen and oxygen atoms in total. The number of amides is 3. The van der Waals surface area contributed by atoms with Crippen LogP contribution in [-0.2, 0) is 14.4 Å². The van der Waals surface area contributed by atoms with Crippen molar-refractivity contribution < 1.29 is 19.3 Å². The molecule has 0 unspecified atom stereocenters. The molecule has 4 aromatic rings. The molecule has 5 rings (SSSR count). The number of thioether (sulfide) groups is 1. The van der Waals surface area contributed by atoms with Gasteiger partial charge in [-0.1, -0.05) is 42.5 Å². The quantitative estimate of drug-likeness (QED) is 0.0678. The zero-order valence-corrected chi connectivity index (χ0v) is 24.2. The van der Waals surface area contributed by atoms with Gasteiger partial charge in [0.05, 0.1) is 21.3 Å². The van der Waals surface area contributed by atoms with E-state index in [-0.39, 0.29) is 38.5 Å². The molecule has 0 spiro atoms. The number of carbonyl (C=O) groups excluding carboxylic acids is 3. The Bertz CT molecular complexity index is 1840. The molecule has 0 aromatic heterocycles. The minimum absolute atomic E-state index is 0.0508. The molecule has 0 aliphatic carbocycles. The monoisotopic (exact) mass is 596 g/mol. The second kappa shape index (κ2) is 11.9. The van der Waals surface area contributed by atoms with Gasteiger partial charge in [0.2, 0.25) is 5.91 Å². The number of fused-ring (bicyclic) bond motifs is 1. The number of nitrogens with zero attached hydrogens (tertiary/aromatic N) is 2. The highest BCUT2D eigenvalue weighted by Gasteiger charge is 2.34. The fourth-order valence-electron chi connectivity index (χ4n) is 4.42. The molecule has 0 radical (unpaired) electrons. The Morgan fingerprint density at radius 2 is 1.76 bits per heavy atom. The van der Waals surface area contributed by atoms with E-state index in [1.165, 1.54) is 23.1 Å². The summed E-state index contributed by atoms with van der Waals surface area (Å²) in [5.74, 6) is -1.71. The topological polar surface area (TPSA) is 122 Å². The molecule has 3 amide bonds. The fraction of sp³-hybridized carbons (Fsp3) is 0.0968. The highest BCUT2D eigenvalue weighted by atomic mass is 32.2. The van der Waals surface area contributed by atoms with Crippen LogP contribution >= 0.6 is 24.0 Å². The van der Waals surface area contributed by atoms with E-state index in [0.717, 1.165) is 33.7 Å². The van der Waals surface area contributed by atoms with Crippen molar-refractivity contribution in [3.05, 3.63) is 111 Å². The van der Waals surface area contributed by atoms with Gasteiger partial charge in [0, 0.05) is 11.8 Å². The Hall–Kier alpha value is -4.87. The summed E-state index contributed by atoms with van der Waals surface area (Å²) < 4.78 is 0. The molecule has 4 aromatic carbocycles. The third kappa shape index (κ3) is 6.07. The number of aryl methyl sites for hydroxylation is 2. The number of nitrogens with one attached hydrogen (secondary N) is 2. The number of carbonyl (C=O) groups is 3. The van der Waals surface area contributed by atoms with Gasteiger partial charge in [-0.25, -0.2) is 0 Å². The van der Waals surface area contributed by atoms with Gasteiger partial charge in [-0.15, -0.1) is 11.8 Å². The van der Waals surface area contributed by atoms with Crippen molar-refractivity contribution in [3.63, 3.8) is 0 Å². The van der Waals surface area contributed by atoms with Gasteiger partial charge in [0.15, 0.2) is 5.11 Å². The van der Waals surface area contributed by atoms with E-state index < -0.39 is 16.7 Å². The molecule has 2 N–H and O–H groups in total. The number of benzene rings is 4. The third-order valence-corrected chi connectivity index (χ3v) is 8.08. The van der Waals surface area contributed by atoms with E-state index in [1.807, 2.05) is 56.3 Å².